The molecule has 0 atom stereocenters. The number of anilines is 1. The zero-order valence-electron chi connectivity index (χ0n) is 19.4. The van der Waals surface area contributed by atoms with Crippen molar-refractivity contribution in [2.24, 2.45) is 0 Å². The van der Waals surface area contributed by atoms with Crippen molar-refractivity contribution in [3.05, 3.63) is 85.6 Å². The van der Waals surface area contributed by atoms with Crippen LogP contribution >= 0.6 is 11.3 Å². The molecule has 4 rings (SSSR count). The van der Waals surface area contributed by atoms with Gasteiger partial charge in [0.2, 0.25) is 5.90 Å². The van der Waals surface area contributed by atoms with Gasteiger partial charge in [0.05, 0.1) is 23.2 Å². The van der Waals surface area contributed by atoms with Gasteiger partial charge in [-0.25, -0.2) is 31.7 Å². The van der Waals surface area contributed by atoms with E-state index in [-0.39, 0.29) is 39.0 Å². The average molecular weight is 546 g/mol. The number of amides is 2. The molecule has 2 amide bonds. The fraction of sp³-hybridized carbons (Fsp3) is 0.130. The molecule has 0 unspecified atom stereocenters. The van der Waals surface area contributed by atoms with Crippen LogP contribution in [0, 0.1) is 18.2 Å². The molecule has 192 valence electrons. The number of nitrogens with zero attached hydrogens (tertiary/aromatic N) is 1. The topological polar surface area (TPSA) is 163 Å². The molecule has 0 spiro atoms. The number of urea groups is 1. The van der Waals surface area contributed by atoms with Crippen LogP contribution in [0.2, 0.25) is 0 Å². The largest absolute Gasteiger partial charge is 0.478 e. The summed E-state index contributed by atoms with van der Waals surface area (Å²) in [6.45, 7) is 3.70. The van der Waals surface area contributed by atoms with Crippen LogP contribution in [0.3, 0.4) is 0 Å². The zero-order valence-corrected chi connectivity index (χ0v) is 21.1. The second-order valence-corrected chi connectivity index (χ2v) is 10.9. The van der Waals surface area contributed by atoms with Crippen molar-refractivity contribution in [1.82, 2.24) is 14.3 Å². The first-order chi connectivity index (χ1) is 17.5. The van der Waals surface area contributed by atoms with E-state index in [2.05, 4.69) is 10.3 Å². The highest BCUT2D eigenvalue weighted by atomic mass is 32.2. The third-order valence-corrected chi connectivity index (χ3v) is 7.93. The SMILES string of the molecule is CCOC(=N)c1ccc2c(=O)n(-c3ccc(NC(=O)NS(=O)(=O)c4ccc(C)s4)cc3F)c(=O)[nH]c2c1. The fourth-order valence-corrected chi connectivity index (χ4v) is 5.65. The van der Waals surface area contributed by atoms with E-state index in [0.717, 1.165) is 28.3 Å². The number of fused-ring (bicyclic) bond motifs is 1. The quantitative estimate of drug-likeness (QED) is 0.215. The normalized spacial score (nSPS) is 11.3. The molecule has 2 aromatic heterocycles. The van der Waals surface area contributed by atoms with E-state index in [1.165, 1.54) is 30.3 Å². The molecule has 14 heteroatoms. The minimum absolute atomic E-state index is 0.0570. The molecule has 37 heavy (non-hydrogen) atoms. The number of sulfonamides is 1. The number of hydrogen-bond acceptors (Lipinski definition) is 8. The number of nitrogens with one attached hydrogen (secondary N) is 4. The molecule has 0 aliphatic heterocycles. The summed E-state index contributed by atoms with van der Waals surface area (Å²) in [4.78, 5) is 41.1. The average Bonchev–Trinajstić information content (AvgIpc) is 3.27. The molecular formula is C23H20FN5O6S2. The highest BCUT2D eigenvalue weighted by Gasteiger charge is 2.20. The molecule has 0 aliphatic carbocycles. The number of ether oxygens (including phenoxy) is 1. The number of carbonyl (C=O) groups is 1. The standard InChI is InChI=1S/C23H20FN5O6S2/c1-3-35-20(25)13-5-7-15-17(10-13)27-23(32)29(21(15)30)18-8-6-14(11-16(18)24)26-22(31)28-37(33,34)19-9-4-12(2)36-19/h4-11,25H,3H2,1-2H3,(H,27,32)(H2,26,28,31). The number of aromatic nitrogens is 2. The first kappa shape index (κ1) is 25.8. The van der Waals surface area contributed by atoms with E-state index in [1.807, 2.05) is 4.72 Å². The van der Waals surface area contributed by atoms with Crippen LogP contribution in [0.5, 0.6) is 0 Å². The maximum atomic E-state index is 15.0. The van der Waals surface area contributed by atoms with Gasteiger partial charge in [0.1, 0.15) is 10.0 Å². The Hall–Kier alpha value is -4.30. The summed E-state index contributed by atoms with van der Waals surface area (Å²) >= 11 is 0.980. The Labute approximate surface area is 213 Å². The summed E-state index contributed by atoms with van der Waals surface area (Å²) in [7, 11) is -4.11. The van der Waals surface area contributed by atoms with Gasteiger partial charge in [-0.3, -0.25) is 10.2 Å². The molecule has 0 saturated carbocycles. The highest BCUT2D eigenvalue weighted by Crippen LogP contribution is 2.21. The van der Waals surface area contributed by atoms with E-state index < -0.39 is 33.1 Å². The fourth-order valence-electron chi connectivity index (χ4n) is 3.46. The Kier molecular flexibility index (Phi) is 6.96. The number of halogens is 1. The number of aryl methyl sites for hydroxylation is 1. The van der Waals surface area contributed by atoms with Crippen LogP contribution in [0.4, 0.5) is 14.9 Å². The van der Waals surface area contributed by atoms with Crippen molar-refractivity contribution in [1.29, 1.82) is 5.41 Å². The third kappa shape index (κ3) is 5.29. The molecule has 0 radical (unpaired) electrons. The van der Waals surface area contributed by atoms with E-state index >= 15 is 0 Å². The Morgan fingerprint density at radius 2 is 1.92 bits per heavy atom. The molecule has 4 aromatic rings. The van der Waals surface area contributed by atoms with Crippen LogP contribution < -0.4 is 21.3 Å². The van der Waals surface area contributed by atoms with E-state index in [1.54, 1.807) is 19.9 Å². The lowest BCUT2D eigenvalue weighted by molar-refractivity contribution is 0.256. The summed E-state index contributed by atoms with van der Waals surface area (Å²) in [5, 5.41) is 10.1. The number of benzene rings is 2. The molecule has 0 bridgehead atoms. The Morgan fingerprint density at radius 3 is 2.57 bits per heavy atom. The van der Waals surface area contributed by atoms with Gasteiger partial charge in [-0.05, 0) is 62.4 Å². The number of carbonyl (C=O) groups excluding carboxylic acids is 1. The van der Waals surface area contributed by atoms with Gasteiger partial charge >= 0.3 is 11.7 Å². The van der Waals surface area contributed by atoms with Crippen molar-refractivity contribution in [2.45, 2.75) is 18.1 Å². The summed E-state index contributed by atoms with van der Waals surface area (Å²) in [6, 6.07) is 9.25. The lowest BCUT2D eigenvalue weighted by atomic mass is 10.1. The Balaban J connectivity index is 1.61. The summed E-state index contributed by atoms with van der Waals surface area (Å²) in [6.07, 6.45) is 0. The smallest absolute Gasteiger partial charge is 0.333 e. The van der Waals surface area contributed by atoms with Gasteiger partial charge in [0.15, 0.2) is 0 Å². The first-order valence-corrected chi connectivity index (χ1v) is 13.0. The second-order valence-electron chi connectivity index (χ2n) is 7.68. The van der Waals surface area contributed by atoms with Crippen molar-refractivity contribution in [3.63, 3.8) is 0 Å². The van der Waals surface area contributed by atoms with E-state index in [4.69, 9.17) is 10.1 Å². The van der Waals surface area contributed by atoms with Gasteiger partial charge in [0.25, 0.3) is 15.6 Å². The maximum absolute atomic E-state index is 15.0. The molecular weight excluding hydrogens is 525 g/mol. The number of thiophene rings is 1. The highest BCUT2D eigenvalue weighted by molar-refractivity contribution is 7.92. The Morgan fingerprint density at radius 1 is 1.16 bits per heavy atom. The molecule has 2 aromatic carbocycles. The summed E-state index contributed by atoms with van der Waals surface area (Å²) in [5.41, 5.74) is -1.73. The maximum Gasteiger partial charge on any atom is 0.333 e. The molecule has 11 nitrogen and oxygen atoms in total. The third-order valence-electron chi connectivity index (χ3n) is 5.10. The van der Waals surface area contributed by atoms with Crippen LogP contribution in [0.15, 0.2) is 62.3 Å². The van der Waals surface area contributed by atoms with Crippen molar-refractivity contribution >= 4 is 49.9 Å². The molecule has 0 fully saturated rings. The second kappa shape index (κ2) is 9.99. The summed E-state index contributed by atoms with van der Waals surface area (Å²) < 4.78 is 47.0. The zero-order chi connectivity index (χ0) is 26.9. The molecule has 2 heterocycles. The van der Waals surface area contributed by atoms with Crippen LogP contribution in [-0.4, -0.2) is 36.5 Å². The van der Waals surface area contributed by atoms with Crippen molar-refractivity contribution in [2.75, 3.05) is 11.9 Å². The van der Waals surface area contributed by atoms with E-state index in [9.17, 15) is 27.2 Å². The monoisotopic (exact) mass is 545 g/mol. The first-order valence-electron chi connectivity index (χ1n) is 10.7. The lowest BCUT2D eigenvalue weighted by Gasteiger charge is -2.11. The minimum atomic E-state index is -4.11. The minimum Gasteiger partial charge on any atom is -0.478 e. The molecule has 0 saturated heterocycles. The number of aromatic amines is 1. The summed E-state index contributed by atoms with van der Waals surface area (Å²) in [5.74, 6) is -1.15. The van der Waals surface area contributed by atoms with Crippen molar-refractivity contribution < 1.29 is 22.3 Å². The van der Waals surface area contributed by atoms with Gasteiger partial charge in [-0.2, -0.15) is 0 Å². The van der Waals surface area contributed by atoms with Gasteiger partial charge in [-0.15, -0.1) is 11.3 Å². The van der Waals surface area contributed by atoms with E-state index in [0.29, 0.717) is 10.1 Å². The lowest BCUT2D eigenvalue weighted by Crippen LogP contribution is -2.35. The van der Waals surface area contributed by atoms with Gasteiger partial charge in [-0.1, -0.05) is 0 Å². The van der Waals surface area contributed by atoms with Crippen LogP contribution in [-0.2, 0) is 14.8 Å². The van der Waals surface area contributed by atoms with Crippen LogP contribution in [0.25, 0.3) is 16.6 Å². The number of hydrogen-bond donors (Lipinski definition) is 4. The van der Waals surface area contributed by atoms with Crippen molar-refractivity contribution in [3.8, 4) is 5.69 Å². The number of rotatable bonds is 6. The Bertz CT molecular complexity index is 1770. The predicted octanol–water partition coefficient (Wildman–Crippen LogP) is 3.06. The number of H-pyrrole nitrogens is 1. The van der Waals surface area contributed by atoms with Gasteiger partial charge in [0, 0.05) is 16.1 Å². The van der Waals surface area contributed by atoms with Gasteiger partial charge < -0.3 is 15.0 Å². The molecule has 0 aliphatic rings. The van der Waals surface area contributed by atoms with Crippen LogP contribution in [0.1, 0.15) is 17.4 Å². The molecule has 4 N–H and O–H groups in total. The predicted molar refractivity (Wildman–Crippen MR) is 137 cm³/mol.